The van der Waals surface area contributed by atoms with Crippen molar-refractivity contribution in [3.63, 3.8) is 0 Å². The number of pyridine rings is 1. The molecule has 0 bridgehead atoms. The van der Waals surface area contributed by atoms with Gasteiger partial charge in [0.2, 0.25) is 0 Å². The number of hydrogen-bond acceptors (Lipinski definition) is 4. The molecular weight excluding hydrogens is 306 g/mol. The predicted octanol–water partition coefficient (Wildman–Crippen LogP) is 2.75. The summed E-state index contributed by atoms with van der Waals surface area (Å²) in [6, 6.07) is 3.83. The van der Waals surface area contributed by atoms with Gasteiger partial charge in [0.15, 0.2) is 0 Å². The number of piperazine rings is 1. The second-order valence-corrected chi connectivity index (χ2v) is 6.24. The highest BCUT2D eigenvalue weighted by atomic mass is 35.5. The third-order valence-electron chi connectivity index (χ3n) is 3.65. The highest BCUT2D eigenvalue weighted by molar-refractivity contribution is 7.07. The van der Waals surface area contributed by atoms with E-state index in [0.717, 1.165) is 32.7 Å². The van der Waals surface area contributed by atoms with Gasteiger partial charge < -0.3 is 4.90 Å². The van der Waals surface area contributed by atoms with Gasteiger partial charge in [-0.05, 0) is 28.5 Å². The zero-order valence-corrected chi connectivity index (χ0v) is 13.1. The third kappa shape index (κ3) is 3.43. The Morgan fingerprint density at radius 2 is 2.10 bits per heavy atom. The van der Waals surface area contributed by atoms with Crippen molar-refractivity contribution in [2.75, 3.05) is 26.2 Å². The van der Waals surface area contributed by atoms with Crippen molar-refractivity contribution in [3.05, 3.63) is 51.4 Å². The molecule has 0 unspecified atom stereocenters. The molecular formula is C15H16ClN3OS. The summed E-state index contributed by atoms with van der Waals surface area (Å²) in [4.78, 5) is 20.6. The fourth-order valence-electron chi connectivity index (χ4n) is 2.47. The van der Waals surface area contributed by atoms with E-state index in [1.165, 1.54) is 11.8 Å². The minimum absolute atomic E-state index is 0.00224. The van der Waals surface area contributed by atoms with Gasteiger partial charge in [0.1, 0.15) is 0 Å². The van der Waals surface area contributed by atoms with Crippen LogP contribution in [0.1, 0.15) is 15.9 Å². The SMILES string of the molecule is O=C(c1ccncc1Cl)N1CCN(Cc2ccsc2)CC1. The zero-order chi connectivity index (χ0) is 14.7. The number of thiophene rings is 1. The number of amides is 1. The minimum atomic E-state index is -0.00224. The Kier molecular flexibility index (Phi) is 4.53. The van der Waals surface area contributed by atoms with E-state index in [0.29, 0.717) is 10.6 Å². The number of nitrogens with zero attached hydrogens (tertiary/aromatic N) is 3. The van der Waals surface area contributed by atoms with E-state index in [1.807, 2.05) is 4.90 Å². The maximum Gasteiger partial charge on any atom is 0.255 e. The summed E-state index contributed by atoms with van der Waals surface area (Å²) in [7, 11) is 0. The topological polar surface area (TPSA) is 36.4 Å². The smallest absolute Gasteiger partial charge is 0.255 e. The molecule has 1 aliphatic heterocycles. The van der Waals surface area contributed by atoms with Crippen molar-refractivity contribution >= 4 is 28.8 Å². The van der Waals surface area contributed by atoms with Crippen LogP contribution in [0.3, 0.4) is 0 Å². The highest BCUT2D eigenvalue weighted by Gasteiger charge is 2.23. The zero-order valence-electron chi connectivity index (χ0n) is 11.5. The fourth-order valence-corrected chi connectivity index (χ4v) is 3.33. The molecule has 2 aromatic rings. The Balaban J connectivity index is 1.58. The normalized spacial score (nSPS) is 16.1. The molecule has 0 saturated carbocycles. The first-order chi connectivity index (χ1) is 10.2. The second kappa shape index (κ2) is 6.56. The molecule has 0 aliphatic carbocycles. The van der Waals surface area contributed by atoms with Crippen molar-refractivity contribution < 1.29 is 4.79 Å². The van der Waals surface area contributed by atoms with Crippen LogP contribution >= 0.6 is 22.9 Å². The van der Waals surface area contributed by atoms with Gasteiger partial charge in [-0.25, -0.2) is 0 Å². The lowest BCUT2D eigenvalue weighted by Gasteiger charge is -2.34. The lowest BCUT2D eigenvalue weighted by molar-refractivity contribution is 0.0628. The van der Waals surface area contributed by atoms with E-state index in [1.54, 1.807) is 23.6 Å². The van der Waals surface area contributed by atoms with Crippen LogP contribution in [-0.2, 0) is 6.54 Å². The lowest BCUT2D eigenvalue weighted by atomic mass is 10.2. The summed E-state index contributed by atoms with van der Waals surface area (Å²) >= 11 is 7.76. The summed E-state index contributed by atoms with van der Waals surface area (Å²) in [5.41, 5.74) is 1.88. The van der Waals surface area contributed by atoms with Gasteiger partial charge in [-0.15, -0.1) is 0 Å². The standard InChI is InChI=1S/C15H16ClN3OS/c16-14-9-17-3-1-13(14)15(20)19-6-4-18(5-7-19)10-12-2-8-21-11-12/h1-3,8-9,11H,4-7,10H2. The maximum absolute atomic E-state index is 12.4. The number of hydrogen-bond donors (Lipinski definition) is 0. The van der Waals surface area contributed by atoms with E-state index in [4.69, 9.17) is 11.6 Å². The van der Waals surface area contributed by atoms with Crippen LogP contribution in [0.2, 0.25) is 5.02 Å². The fraction of sp³-hybridized carbons (Fsp3) is 0.333. The molecule has 110 valence electrons. The van der Waals surface area contributed by atoms with E-state index in [2.05, 4.69) is 26.7 Å². The Bertz CT molecular complexity index is 609. The summed E-state index contributed by atoms with van der Waals surface area (Å²) in [5, 5.41) is 4.69. The van der Waals surface area contributed by atoms with E-state index < -0.39 is 0 Å². The van der Waals surface area contributed by atoms with Crippen LogP contribution < -0.4 is 0 Å². The van der Waals surface area contributed by atoms with Gasteiger partial charge in [0.05, 0.1) is 10.6 Å². The first kappa shape index (κ1) is 14.5. The van der Waals surface area contributed by atoms with Crippen LogP contribution in [-0.4, -0.2) is 46.9 Å². The maximum atomic E-state index is 12.4. The summed E-state index contributed by atoms with van der Waals surface area (Å²) in [6.45, 7) is 4.22. The van der Waals surface area contributed by atoms with Crippen molar-refractivity contribution in [1.82, 2.24) is 14.8 Å². The Labute approximate surface area is 133 Å². The molecule has 0 radical (unpaired) electrons. The first-order valence-electron chi connectivity index (χ1n) is 6.86. The van der Waals surface area contributed by atoms with Crippen LogP contribution in [0.25, 0.3) is 0 Å². The van der Waals surface area contributed by atoms with Gasteiger partial charge in [-0.2, -0.15) is 11.3 Å². The molecule has 4 nitrogen and oxygen atoms in total. The number of halogens is 1. The molecule has 3 rings (SSSR count). The molecule has 21 heavy (non-hydrogen) atoms. The van der Waals surface area contributed by atoms with Crippen LogP contribution in [0, 0.1) is 0 Å². The highest BCUT2D eigenvalue weighted by Crippen LogP contribution is 2.18. The molecule has 2 aromatic heterocycles. The monoisotopic (exact) mass is 321 g/mol. The molecule has 0 spiro atoms. The number of carbonyl (C=O) groups excluding carboxylic acids is 1. The summed E-state index contributed by atoms with van der Waals surface area (Å²) in [6.07, 6.45) is 3.12. The molecule has 1 saturated heterocycles. The van der Waals surface area contributed by atoms with Crippen molar-refractivity contribution in [1.29, 1.82) is 0 Å². The Morgan fingerprint density at radius 1 is 1.29 bits per heavy atom. The van der Waals surface area contributed by atoms with Crippen molar-refractivity contribution in [2.24, 2.45) is 0 Å². The first-order valence-corrected chi connectivity index (χ1v) is 8.18. The minimum Gasteiger partial charge on any atom is -0.336 e. The summed E-state index contributed by atoms with van der Waals surface area (Å²) < 4.78 is 0. The van der Waals surface area contributed by atoms with E-state index in [9.17, 15) is 4.79 Å². The molecule has 0 aromatic carbocycles. The largest absolute Gasteiger partial charge is 0.336 e. The van der Waals surface area contributed by atoms with Gasteiger partial charge in [0.25, 0.3) is 5.91 Å². The van der Waals surface area contributed by atoms with Crippen molar-refractivity contribution in [3.8, 4) is 0 Å². The second-order valence-electron chi connectivity index (χ2n) is 5.06. The van der Waals surface area contributed by atoms with Crippen LogP contribution in [0.5, 0.6) is 0 Å². The van der Waals surface area contributed by atoms with Crippen LogP contribution in [0.15, 0.2) is 35.3 Å². The molecule has 0 atom stereocenters. The summed E-state index contributed by atoms with van der Waals surface area (Å²) in [5.74, 6) is -0.00224. The number of rotatable bonds is 3. The Morgan fingerprint density at radius 3 is 2.76 bits per heavy atom. The molecule has 1 amide bonds. The average molecular weight is 322 g/mol. The van der Waals surface area contributed by atoms with Gasteiger partial charge in [0, 0.05) is 45.1 Å². The molecule has 6 heteroatoms. The van der Waals surface area contributed by atoms with Crippen LogP contribution in [0.4, 0.5) is 0 Å². The van der Waals surface area contributed by atoms with Crippen molar-refractivity contribution in [2.45, 2.75) is 6.54 Å². The molecule has 1 fully saturated rings. The number of aromatic nitrogens is 1. The van der Waals surface area contributed by atoms with Gasteiger partial charge in [-0.1, -0.05) is 11.6 Å². The molecule has 0 N–H and O–H groups in total. The third-order valence-corrected chi connectivity index (χ3v) is 4.68. The van der Waals surface area contributed by atoms with Gasteiger partial charge in [-0.3, -0.25) is 14.7 Å². The quantitative estimate of drug-likeness (QED) is 0.872. The lowest BCUT2D eigenvalue weighted by Crippen LogP contribution is -2.48. The van der Waals surface area contributed by atoms with Gasteiger partial charge >= 0.3 is 0 Å². The average Bonchev–Trinajstić information content (AvgIpc) is 3.01. The Hall–Kier alpha value is -1.43. The predicted molar refractivity (Wildman–Crippen MR) is 84.7 cm³/mol. The molecule has 3 heterocycles. The van der Waals surface area contributed by atoms with E-state index in [-0.39, 0.29) is 5.91 Å². The van der Waals surface area contributed by atoms with E-state index >= 15 is 0 Å². The molecule has 1 aliphatic rings. The number of carbonyl (C=O) groups is 1.